The minimum Gasteiger partial charge on any atom is -0.260 e. The lowest BCUT2D eigenvalue weighted by molar-refractivity contribution is 0.537. The van der Waals surface area contributed by atoms with E-state index in [0.29, 0.717) is 0 Å². The van der Waals surface area contributed by atoms with E-state index in [2.05, 4.69) is 5.10 Å². The van der Waals surface area contributed by atoms with Crippen LogP contribution in [0.5, 0.6) is 0 Å². The quantitative estimate of drug-likeness (QED) is 0.675. The average molecular weight is 244 g/mol. The molecule has 0 bridgehead atoms. The number of rotatable bonds is 2. The first-order chi connectivity index (χ1) is 8.75. The lowest BCUT2D eigenvalue weighted by Crippen LogP contribution is -2.05. The molecule has 18 heavy (non-hydrogen) atoms. The monoisotopic (exact) mass is 244 g/mol. The first kappa shape index (κ1) is 10.9. The Hall–Kier alpha value is -2.23. The first-order valence-corrected chi connectivity index (χ1v) is 5.59. The zero-order chi connectivity index (χ0) is 12.5. The summed E-state index contributed by atoms with van der Waals surface area (Å²) >= 11 is 0. The molecular formula is C14H10F2N2. The van der Waals surface area contributed by atoms with Crippen molar-refractivity contribution < 1.29 is 8.78 Å². The van der Waals surface area contributed by atoms with Crippen LogP contribution in [-0.2, 0) is 6.54 Å². The molecule has 0 spiro atoms. The number of nitrogens with zero attached hydrogens (tertiary/aromatic N) is 2. The fourth-order valence-corrected chi connectivity index (χ4v) is 1.99. The molecule has 0 saturated heterocycles. The minimum atomic E-state index is -0.547. The second-order valence-electron chi connectivity index (χ2n) is 4.06. The summed E-state index contributed by atoms with van der Waals surface area (Å²) in [7, 11) is 0. The van der Waals surface area contributed by atoms with E-state index in [4.69, 9.17) is 0 Å². The van der Waals surface area contributed by atoms with E-state index in [0.717, 1.165) is 10.9 Å². The Labute approximate surface area is 102 Å². The SMILES string of the molecule is Fc1cccc(F)c1Cn1ncc2ccccc21. The van der Waals surface area contributed by atoms with Crippen molar-refractivity contribution in [3.63, 3.8) is 0 Å². The van der Waals surface area contributed by atoms with Crippen LogP contribution in [0.2, 0.25) is 0 Å². The van der Waals surface area contributed by atoms with E-state index in [1.54, 1.807) is 10.9 Å². The van der Waals surface area contributed by atoms with Crippen LogP contribution in [-0.4, -0.2) is 9.78 Å². The predicted molar refractivity (Wildman–Crippen MR) is 65.2 cm³/mol. The predicted octanol–water partition coefficient (Wildman–Crippen LogP) is 3.36. The van der Waals surface area contributed by atoms with E-state index in [1.807, 2.05) is 24.3 Å². The summed E-state index contributed by atoms with van der Waals surface area (Å²) < 4.78 is 28.7. The Morgan fingerprint density at radius 3 is 2.44 bits per heavy atom. The molecule has 0 saturated carbocycles. The molecule has 4 heteroatoms. The summed E-state index contributed by atoms with van der Waals surface area (Å²) in [6.45, 7) is 0.0893. The minimum absolute atomic E-state index is 0.0337. The van der Waals surface area contributed by atoms with Gasteiger partial charge in [0.2, 0.25) is 0 Å². The molecule has 0 fully saturated rings. The maximum Gasteiger partial charge on any atom is 0.131 e. The van der Waals surface area contributed by atoms with Gasteiger partial charge in [0.05, 0.1) is 18.3 Å². The van der Waals surface area contributed by atoms with Crippen molar-refractivity contribution in [2.24, 2.45) is 0 Å². The molecular weight excluding hydrogens is 234 g/mol. The Balaban J connectivity index is 2.07. The van der Waals surface area contributed by atoms with Gasteiger partial charge in [-0.1, -0.05) is 24.3 Å². The number of hydrogen-bond acceptors (Lipinski definition) is 1. The summed E-state index contributed by atoms with van der Waals surface area (Å²) in [4.78, 5) is 0. The summed E-state index contributed by atoms with van der Waals surface area (Å²) in [5, 5.41) is 5.11. The van der Waals surface area contributed by atoms with Gasteiger partial charge in [0.15, 0.2) is 0 Å². The van der Waals surface area contributed by atoms with Gasteiger partial charge in [-0.15, -0.1) is 0 Å². The maximum atomic E-state index is 13.6. The molecule has 1 aromatic heterocycles. The molecule has 0 aliphatic carbocycles. The summed E-state index contributed by atoms with van der Waals surface area (Å²) in [5.74, 6) is -1.09. The highest BCUT2D eigenvalue weighted by Gasteiger charge is 2.10. The standard InChI is InChI=1S/C14H10F2N2/c15-12-5-3-6-13(16)11(12)9-18-14-7-2-1-4-10(14)8-17-18/h1-8H,9H2. The van der Waals surface area contributed by atoms with Gasteiger partial charge in [0.1, 0.15) is 11.6 Å². The molecule has 2 nitrogen and oxygen atoms in total. The highest BCUT2D eigenvalue weighted by atomic mass is 19.1. The number of halogens is 2. The Kier molecular flexibility index (Phi) is 2.55. The van der Waals surface area contributed by atoms with Crippen molar-refractivity contribution in [1.29, 1.82) is 0 Å². The van der Waals surface area contributed by atoms with Crippen molar-refractivity contribution in [3.05, 3.63) is 65.9 Å². The Bertz CT molecular complexity index is 684. The molecule has 0 aliphatic heterocycles. The fraction of sp³-hybridized carbons (Fsp3) is 0.0714. The van der Waals surface area contributed by atoms with E-state index < -0.39 is 11.6 Å². The second-order valence-corrected chi connectivity index (χ2v) is 4.06. The van der Waals surface area contributed by atoms with Gasteiger partial charge in [0.25, 0.3) is 0 Å². The molecule has 0 N–H and O–H groups in total. The van der Waals surface area contributed by atoms with Crippen LogP contribution in [0.3, 0.4) is 0 Å². The number of fused-ring (bicyclic) bond motifs is 1. The van der Waals surface area contributed by atoms with Gasteiger partial charge in [-0.05, 0) is 18.2 Å². The highest BCUT2D eigenvalue weighted by Crippen LogP contribution is 2.17. The number of hydrogen-bond donors (Lipinski definition) is 0. The number of aromatic nitrogens is 2. The first-order valence-electron chi connectivity index (χ1n) is 5.59. The lowest BCUT2D eigenvalue weighted by Gasteiger charge is -2.06. The molecule has 0 radical (unpaired) electrons. The average Bonchev–Trinajstić information content (AvgIpc) is 2.77. The van der Waals surface area contributed by atoms with Gasteiger partial charge in [-0.25, -0.2) is 8.78 Å². The number of benzene rings is 2. The highest BCUT2D eigenvalue weighted by molar-refractivity contribution is 5.78. The lowest BCUT2D eigenvalue weighted by atomic mass is 10.2. The zero-order valence-corrected chi connectivity index (χ0v) is 9.48. The van der Waals surface area contributed by atoms with Crippen molar-refractivity contribution in [2.45, 2.75) is 6.54 Å². The number of para-hydroxylation sites is 1. The van der Waals surface area contributed by atoms with Crippen LogP contribution in [0.4, 0.5) is 8.78 Å². The van der Waals surface area contributed by atoms with Gasteiger partial charge in [-0.2, -0.15) is 5.10 Å². The van der Waals surface area contributed by atoms with Crippen molar-refractivity contribution in [1.82, 2.24) is 9.78 Å². The molecule has 0 aliphatic rings. The third-order valence-corrected chi connectivity index (χ3v) is 2.92. The third kappa shape index (κ3) is 1.76. The van der Waals surface area contributed by atoms with Crippen LogP contribution < -0.4 is 0 Å². The molecule has 2 aromatic carbocycles. The van der Waals surface area contributed by atoms with Crippen LogP contribution in [0.25, 0.3) is 10.9 Å². The largest absolute Gasteiger partial charge is 0.260 e. The van der Waals surface area contributed by atoms with Crippen LogP contribution in [0.1, 0.15) is 5.56 Å². The molecule has 0 unspecified atom stereocenters. The van der Waals surface area contributed by atoms with Crippen LogP contribution >= 0.6 is 0 Å². The molecule has 90 valence electrons. The summed E-state index contributed by atoms with van der Waals surface area (Å²) in [6.07, 6.45) is 1.69. The smallest absolute Gasteiger partial charge is 0.131 e. The maximum absolute atomic E-state index is 13.6. The van der Waals surface area contributed by atoms with Crippen molar-refractivity contribution in [2.75, 3.05) is 0 Å². The van der Waals surface area contributed by atoms with Crippen LogP contribution in [0, 0.1) is 11.6 Å². The zero-order valence-electron chi connectivity index (χ0n) is 9.48. The third-order valence-electron chi connectivity index (χ3n) is 2.92. The molecule has 0 amide bonds. The van der Waals surface area contributed by atoms with Crippen molar-refractivity contribution in [3.8, 4) is 0 Å². The Morgan fingerprint density at radius 1 is 0.944 bits per heavy atom. The van der Waals surface area contributed by atoms with E-state index in [9.17, 15) is 8.78 Å². The van der Waals surface area contributed by atoms with E-state index in [-0.39, 0.29) is 12.1 Å². The van der Waals surface area contributed by atoms with E-state index in [1.165, 1.54) is 18.2 Å². The van der Waals surface area contributed by atoms with Gasteiger partial charge < -0.3 is 0 Å². The van der Waals surface area contributed by atoms with Gasteiger partial charge >= 0.3 is 0 Å². The molecule has 3 rings (SSSR count). The van der Waals surface area contributed by atoms with Gasteiger partial charge in [-0.3, -0.25) is 4.68 Å². The normalized spacial score (nSPS) is 11.0. The van der Waals surface area contributed by atoms with Gasteiger partial charge in [0, 0.05) is 10.9 Å². The molecule has 3 aromatic rings. The van der Waals surface area contributed by atoms with Crippen molar-refractivity contribution >= 4 is 10.9 Å². The summed E-state index contributed by atoms with van der Waals surface area (Å²) in [5.41, 5.74) is 0.895. The summed E-state index contributed by atoms with van der Waals surface area (Å²) in [6, 6.07) is 11.4. The topological polar surface area (TPSA) is 17.8 Å². The van der Waals surface area contributed by atoms with E-state index >= 15 is 0 Å². The molecule has 0 atom stereocenters. The molecule has 1 heterocycles. The fourth-order valence-electron chi connectivity index (χ4n) is 1.99. The van der Waals surface area contributed by atoms with Crippen LogP contribution in [0.15, 0.2) is 48.7 Å². The Morgan fingerprint density at radius 2 is 1.67 bits per heavy atom. The second kappa shape index (κ2) is 4.22.